The van der Waals surface area contributed by atoms with E-state index in [0.29, 0.717) is 32.2 Å². The fourth-order valence-electron chi connectivity index (χ4n) is 2.43. The first-order valence-electron chi connectivity index (χ1n) is 6.87. The van der Waals surface area contributed by atoms with Crippen molar-refractivity contribution in [3.05, 3.63) is 56.6 Å². The van der Waals surface area contributed by atoms with Gasteiger partial charge in [-0.3, -0.25) is 4.79 Å². The highest BCUT2D eigenvalue weighted by Crippen LogP contribution is 2.39. The SMILES string of the molecule is COc1c(CBr)ccc(Cl)c1C(=O)c1c(Cl)ccc(CBr)c1OC. The van der Waals surface area contributed by atoms with E-state index in [-0.39, 0.29) is 16.9 Å². The zero-order valence-corrected chi connectivity index (χ0v) is 17.6. The van der Waals surface area contributed by atoms with Gasteiger partial charge in [-0.2, -0.15) is 0 Å². The smallest absolute Gasteiger partial charge is 0.203 e. The molecule has 2 rings (SSSR count). The van der Waals surface area contributed by atoms with Crippen LogP contribution in [0.2, 0.25) is 10.0 Å². The zero-order valence-electron chi connectivity index (χ0n) is 13.0. The molecule has 0 saturated carbocycles. The summed E-state index contributed by atoms with van der Waals surface area (Å²) in [5.41, 5.74) is 2.17. The van der Waals surface area contributed by atoms with E-state index < -0.39 is 0 Å². The number of ketones is 1. The highest BCUT2D eigenvalue weighted by molar-refractivity contribution is 9.08. The monoisotopic (exact) mass is 494 g/mol. The fraction of sp³-hybridized carbons (Fsp3) is 0.235. The summed E-state index contributed by atoms with van der Waals surface area (Å²) in [6.45, 7) is 0. The van der Waals surface area contributed by atoms with E-state index in [1.54, 1.807) is 24.3 Å². The van der Waals surface area contributed by atoms with E-state index in [0.717, 1.165) is 11.1 Å². The number of hydrogen-bond acceptors (Lipinski definition) is 3. The number of alkyl halides is 2. The molecule has 0 radical (unpaired) electrons. The minimum Gasteiger partial charge on any atom is -0.496 e. The van der Waals surface area contributed by atoms with Crippen molar-refractivity contribution in [2.75, 3.05) is 14.2 Å². The minimum atomic E-state index is -0.343. The second kappa shape index (κ2) is 8.56. The van der Waals surface area contributed by atoms with Crippen LogP contribution in [0.25, 0.3) is 0 Å². The lowest BCUT2D eigenvalue weighted by Crippen LogP contribution is -2.10. The van der Waals surface area contributed by atoms with Crippen LogP contribution in [0.3, 0.4) is 0 Å². The molecule has 0 heterocycles. The Kier molecular flexibility index (Phi) is 6.99. The molecule has 0 aromatic heterocycles. The summed E-state index contributed by atoms with van der Waals surface area (Å²) in [7, 11) is 3.00. The number of hydrogen-bond donors (Lipinski definition) is 0. The van der Waals surface area contributed by atoms with E-state index >= 15 is 0 Å². The average molecular weight is 497 g/mol. The molecule has 128 valence electrons. The van der Waals surface area contributed by atoms with Gasteiger partial charge < -0.3 is 9.47 Å². The summed E-state index contributed by atoms with van der Waals surface area (Å²) in [6.07, 6.45) is 0. The van der Waals surface area contributed by atoms with E-state index in [1.165, 1.54) is 14.2 Å². The van der Waals surface area contributed by atoms with E-state index in [4.69, 9.17) is 32.7 Å². The summed E-state index contributed by atoms with van der Waals surface area (Å²) in [6, 6.07) is 6.95. The Morgan fingerprint density at radius 2 is 1.25 bits per heavy atom. The molecule has 0 fully saturated rings. The van der Waals surface area contributed by atoms with Gasteiger partial charge in [0.1, 0.15) is 11.5 Å². The molecule has 0 atom stereocenters. The van der Waals surface area contributed by atoms with Crippen molar-refractivity contribution in [3.8, 4) is 11.5 Å². The van der Waals surface area contributed by atoms with Crippen LogP contribution >= 0.6 is 55.1 Å². The number of carbonyl (C=O) groups is 1. The summed E-state index contributed by atoms with van der Waals surface area (Å²) >= 11 is 19.4. The molecule has 0 amide bonds. The van der Waals surface area contributed by atoms with Crippen molar-refractivity contribution in [2.45, 2.75) is 10.7 Å². The van der Waals surface area contributed by atoms with Crippen LogP contribution in [-0.4, -0.2) is 20.0 Å². The van der Waals surface area contributed by atoms with Crippen LogP contribution in [0.15, 0.2) is 24.3 Å². The lowest BCUT2D eigenvalue weighted by Gasteiger charge is -2.17. The van der Waals surface area contributed by atoms with Gasteiger partial charge in [0.05, 0.1) is 35.4 Å². The Hall–Kier alpha value is -0.750. The molecule has 0 aliphatic heterocycles. The number of benzene rings is 2. The molecule has 0 aliphatic rings. The molecule has 0 saturated heterocycles. The van der Waals surface area contributed by atoms with Crippen LogP contribution < -0.4 is 9.47 Å². The van der Waals surface area contributed by atoms with Crippen molar-refractivity contribution in [2.24, 2.45) is 0 Å². The molecule has 0 aliphatic carbocycles. The second-order valence-electron chi connectivity index (χ2n) is 4.83. The Labute approximate surface area is 167 Å². The standard InChI is InChI=1S/C17H14Br2Cl2O3/c1-23-16-9(7-18)3-5-11(20)13(16)15(22)14-12(21)6-4-10(8-19)17(14)24-2/h3-6H,7-8H2,1-2H3. The first kappa shape index (κ1) is 19.6. The first-order valence-corrected chi connectivity index (χ1v) is 9.87. The van der Waals surface area contributed by atoms with Crippen LogP contribution in [0.4, 0.5) is 0 Å². The first-order chi connectivity index (χ1) is 11.5. The van der Waals surface area contributed by atoms with E-state index in [2.05, 4.69) is 31.9 Å². The Bertz CT molecular complexity index is 715. The Morgan fingerprint density at radius 3 is 1.54 bits per heavy atom. The summed E-state index contributed by atoms with van der Waals surface area (Å²) < 4.78 is 10.9. The lowest BCUT2D eigenvalue weighted by molar-refractivity contribution is 0.103. The molecule has 0 N–H and O–H groups in total. The molecule has 7 heteroatoms. The third kappa shape index (κ3) is 3.59. The van der Waals surface area contributed by atoms with Gasteiger partial charge in [0.15, 0.2) is 0 Å². The van der Waals surface area contributed by atoms with Gasteiger partial charge in [0.25, 0.3) is 0 Å². The average Bonchev–Trinajstić information content (AvgIpc) is 2.60. The van der Waals surface area contributed by atoms with Gasteiger partial charge in [0, 0.05) is 21.8 Å². The van der Waals surface area contributed by atoms with Gasteiger partial charge in [-0.25, -0.2) is 0 Å². The van der Waals surface area contributed by atoms with Crippen molar-refractivity contribution in [3.63, 3.8) is 0 Å². The van der Waals surface area contributed by atoms with Crippen LogP contribution in [-0.2, 0) is 10.7 Å². The number of rotatable bonds is 6. The Balaban J connectivity index is 2.75. The van der Waals surface area contributed by atoms with Crippen LogP contribution in [0, 0.1) is 0 Å². The van der Waals surface area contributed by atoms with Gasteiger partial charge in [0.2, 0.25) is 5.78 Å². The van der Waals surface area contributed by atoms with Crippen LogP contribution in [0.5, 0.6) is 11.5 Å². The molecule has 0 spiro atoms. The third-order valence-corrected chi connectivity index (χ3v) is 5.37. The maximum Gasteiger partial charge on any atom is 0.203 e. The molecular formula is C17H14Br2Cl2O3. The van der Waals surface area contributed by atoms with Crippen molar-refractivity contribution < 1.29 is 14.3 Å². The maximum absolute atomic E-state index is 13.2. The molecule has 2 aromatic rings. The summed E-state index contributed by atoms with van der Waals surface area (Å²) in [4.78, 5) is 13.2. The fourth-order valence-corrected chi connectivity index (χ4v) is 3.78. The Morgan fingerprint density at radius 1 is 0.875 bits per heavy atom. The largest absolute Gasteiger partial charge is 0.496 e. The maximum atomic E-state index is 13.2. The van der Waals surface area contributed by atoms with Gasteiger partial charge in [-0.15, -0.1) is 0 Å². The third-order valence-electron chi connectivity index (χ3n) is 3.53. The molecular weight excluding hydrogens is 483 g/mol. The highest BCUT2D eigenvalue weighted by atomic mass is 79.9. The van der Waals surface area contributed by atoms with Gasteiger partial charge >= 0.3 is 0 Å². The number of methoxy groups -OCH3 is 2. The molecule has 2 aromatic carbocycles. The van der Waals surface area contributed by atoms with E-state index in [9.17, 15) is 4.79 Å². The molecule has 24 heavy (non-hydrogen) atoms. The minimum absolute atomic E-state index is 0.267. The zero-order chi connectivity index (χ0) is 17.9. The quantitative estimate of drug-likeness (QED) is 0.362. The van der Waals surface area contributed by atoms with Crippen molar-refractivity contribution in [1.29, 1.82) is 0 Å². The summed E-state index contributed by atoms with van der Waals surface area (Å²) in [5.74, 6) is 0.503. The number of ether oxygens (including phenoxy) is 2. The summed E-state index contributed by atoms with van der Waals surface area (Å²) in [5, 5.41) is 1.65. The predicted molar refractivity (Wildman–Crippen MR) is 105 cm³/mol. The van der Waals surface area contributed by atoms with Gasteiger partial charge in [-0.05, 0) is 12.1 Å². The molecule has 0 unspecified atom stereocenters. The molecule has 3 nitrogen and oxygen atoms in total. The van der Waals surface area contributed by atoms with Crippen molar-refractivity contribution >= 4 is 60.8 Å². The normalized spacial score (nSPS) is 10.6. The second-order valence-corrected chi connectivity index (χ2v) is 6.76. The van der Waals surface area contributed by atoms with Gasteiger partial charge in [-0.1, -0.05) is 67.2 Å². The lowest BCUT2D eigenvalue weighted by atomic mass is 9.97. The van der Waals surface area contributed by atoms with Crippen molar-refractivity contribution in [1.82, 2.24) is 0 Å². The number of carbonyl (C=O) groups excluding carboxylic acids is 1. The predicted octanol–water partition coefficient (Wildman–Crippen LogP) is 6.03. The topological polar surface area (TPSA) is 35.5 Å². The highest BCUT2D eigenvalue weighted by Gasteiger charge is 2.27. The molecule has 0 bridgehead atoms. The number of halogens is 4. The van der Waals surface area contributed by atoms with Crippen LogP contribution in [0.1, 0.15) is 27.0 Å². The van der Waals surface area contributed by atoms with E-state index in [1.807, 2.05) is 0 Å².